The molecule has 170 valence electrons. The minimum atomic E-state index is -3.24. The van der Waals surface area contributed by atoms with Crippen LogP contribution in [0.15, 0.2) is 53.7 Å². The van der Waals surface area contributed by atoms with Gasteiger partial charge in [-0.3, -0.25) is 9.69 Å². The number of nitrogens with one attached hydrogen (secondary N) is 2. The van der Waals surface area contributed by atoms with Crippen molar-refractivity contribution in [3.8, 4) is 0 Å². The lowest BCUT2D eigenvalue weighted by atomic mass is 10.1. The number of aromatic nitrogens is 3. The molecule has 3 heterocycles. The number of anilines is 1. The van der Waals surface area contributed by atoms with Crippen LogP contribution in [0.3, 0.4) is 0 Å². The molecular formula is C23H23N5O3S2. The molecule has 0 atom stereocenters. The topological polar surface area (TPSA) is 108 Å². The van der Waals surface area contributed by atoms with E-state index in [0.29, 0.717) is 5.13 Å². The van der Waals surface area contributed by atoms with E-state index in [2.05, 4.69) is 37.3 Å². The molecule has 0 fully saturated rings. The quantitative estimate of drug-likeness (QED) is 0.418. The number of H-pyrrole nitrogens is 1. The van der Waals surface area contributed by atoms with Crippen LogP contribution in [-0.4, -0.2) is 39.9 Å². The van der Waals surface area contributed by atoms with E-state index < -0.39 is 9.84 Å². The van der Waals surface area contributed by atoms with Crippen LogP contribution in [0.25, 0.3) is 11.0 Å². The molecule has 1 aliphatic rings. The van der Waals surface area contributed by atoms with Gasteiger partial charge in [0.2, 0.25) is 5.91 Å². The van der Waals surface area contributed by atoms with E-state index in [1.54, 1.807) is 37.5 Å². The minimum Gasteiger partial charge on any atom is -0.345 e. The molecule has 5 rings (SSSR count). The van der Waals surface area contributed by atoms with Crippen molar-refractivity contribution in [3.05, 3.63) is 70.5 Å². The van der Waals surface area contributed by atoms with E-state index in [1.165, 1.54) is 21.8 Å². The van der Waals surface area contributed by atoms with Gasteiger partial charge in [0, 0.05) is 24.5 Å². The van der Waals surface area contributed by atoms with E-state index in [1.807, 2.05) is 6.07 Å². The molecule has 33 heavy (non-hydrogen) atoms. The Morgan fingerprint density at radius 3 is 2.70 bits per heavy atom. The largest absolute Gasteiger partial charge is 0.345 e. The first kappa shape index (κ1) is 21.7. The van der Waals surface area contributed by atoms with Crippen molar-refractivity contribution < 1.29 is 13.2 Å². The number of hydrogen-bond donors (Lipinski definition) is 2. The Balaban J connectivity index is 1.17. The highest BCUT2D eigenvalue weighted by Gasteiger charge is 2.24. The molecular weight excluding hydrogens is 458 g/mol. The average Bonchev–Trinajstić information content (AvgIpc) is 3.48. The number of thiazole rings is 1. The highest BCUT2D eigenvalue weighted by atomic mass is 32.2. The summed E-state index contributed by atoms with van der Waals surface area (Å²) < 4.78 is 23.8. The number of rotatable bonds is 7. The summed E-state index contributed by atoms with van der Waals surface area (Å²) in [6.07, 6.45) is 1.87. The summed E-state index contributed by atoms with van der Waals surface area (Å²) in [5.41, 5.74) is 4.97. The Kier molecular flexibility index (Phi) is 5.73. The highest BCUT2D eigenvalue weighted by molar-refractivity contribution is 7.91. The van der Waals surface area contributed by atoms with Gasteiger partial charge in [-0.25, -0.2) is 18.4 Å². The molecule has 0 aliphatic carbocycles. The van der Waals surface area contributed by atoms with E-state index in [4.69, 9.17) is 0 Å². The predicted octanol–water partition coefficient (Wildman–Crippen LogP) is 3.51. The Labute approximate surface area is 195 Å². The average molecular weight is 482 g/mol. The molecule has 0 unspecified atom stereocenters. The monoisotopic (exact) mass is 481 g/mol. The normalized spacial score (nSPS) is 14.0. The predicted molar refractivity (Wildman–Crippen MR) is 128 cm³/mol. The molecule has 2 N–H and O–H groups in total. The maximum atomic E-state index is 12.5. The van der Waals surface area contributed by atoms with Crippen molar-refractivity contribution >= 4 is 43.2 Å². The molecule has 1 aliphatic heterocycles. The number of sulfone groups is 1. The highest BCUT2D eigenvalue weighted by Crippen LogP contribution is 2.32. The van der Waals surface area contributed by atoms with Crippen LogP contribution in [0, 0.1) is 0 Å². The molecule has 2 aromatic heterocycles. The number of aromatic amines is 1. The summed E-state index contributed by atoms with van der Waals surface area (Å²) in [5.74, 6) is -0.114. The van der Waals surface area contributed by atoms with Crippen molar-refractivity contribution in [2.45, 2.75) is 37.9 Å². The molecule has 8 nitrogen and oxygen atoms in total. The molecule has 0 saturated heterocycles. The second-order valence-electron chi connectivity index (χ2n) is 8.06. The summed E-state index contributed by atoms with van der Waals surface area (Å²) in [5, 5.41) is 3.48. The second-order valence-corrected chi connectivity index (χ2v) is 11.4. The Hall–Kier alpha value is -3.08. The fourth-order valence-corrected chi connectivity index (χ4v) is 5.85. The van der Waals surface area contributed by atoms with Crippen molar-refractivity contribution in [2.75, 3.05) is 11.1 Å². The number of carbonyl (C=O) groups is 1. The number of fused-ring (bicyclic) bond motifs is 2. The van der Waals surface area contributed by atoms with Crippen LogP contribution >= 0.6 is 11.3 Å². The van der Waals surface area contributed by atoms with Gasteiger partial charge in [-0.2, -0.15) is 0 Å². The number of amides is 1. The third kappa shape index (κ3) is 4.68. The standard InChI is InChI=1S/C23H23N5O3S2/c1-2-33(30,31)17-6-3-15(4-7-17)10-22(29)27-23-26-20-12-28(13-21(20)32-23)11-16-5-8-18-19(9-16)25-14-24-18/h3-9,14H,2,10-13H2,1H3,(H,24,25)(H,26,27,29). The molecule has 4 aromatic rings. The van der Waals surface area contributed by atoms with Gasteiger partial charge in [0.25, 0.3) is 0 Å². The number of hydrogen-bond acceptors (Lipinski definition) is 7. The molecule has 0 spiro atoms. The maximum Gasteiger partial charge on any atom is 0.230 e. The zero-order valence-corrected chi connectivity index (χ0v) is 19.7. The molecule has 0 radical (unpaired) electrons. The SMILES string of the molecule is CCS(=O)(=O)c1ccc(CC(=O)Nc2nc3c(s2)CN(Cc2ccc4nc[nH]c4c2)C3)cc1. The summed E-state index contributed by atoms with van der Waals surface area (Å²) >= 11 is 1.51. The Morgan fingerprint density at radius 1 is 1.15 bits per heavy atom. The van der Waals surface area contributed by atoms with Crippen LogP contribution in [-0.2, 0) is 40.7 Å². The summed E-state index contributed by atoms with van der Waals surface area (Å²) in [6.45, 7) is 3.98. The zero-order chi connectivity index (χ0) is 23.0. The first-order valence-electron chi connectivity index (χ1n) is 10.6. The Bertz CT molecular complexity index is 1400. The lowest BCUT2D eigenvalue weighted by Crippen LogP contribution is -2.17. The zero-order valence-electron chi connectivity index (χ0n) is 18.0. The van der Waals surface area contributed by atoms with Crippen molar-refractivity contribution in [2.24, 2.45) is 0 Å². The maximum absolute atomic E-state index is 12.5. The number of carbonyl (C=O) groups excluding carboxylic acids is 1. The van der Waals surface area contributed by atoms with Gasteiger partial charge >= 0.3 is 0 Å². The number of benzene rings is 2. The van der Waals surface area contributed by atoms with E-state index in [-0.39, 0.29) is 23.0 Å². The van der Waals surface area contributed by atoms with Crippen LogP contribution < -0.4 is 5.32 Å². The minimum absolute atomic E-state index is 0.0540. The lowest BCUT2D eigenvalue weighted by Gasteiger charge is -2.14. The fraction of sp³-hybridized carbons (Fsp3) is 0.261. The third-order valence-corrected chi connectivity index (χ3v) is 8.43. The second kappa shape index (κ2) is 8.69. The van der Waals surface area contributed by atoms with Gasteiger partial charge in [0.1, 0.15) is 0 Å². The molecule has 10 heteroatoms. The van der Waals surface area contributed by atoms with Gasteiger partial charge in [-0.1, -0.05) is 25.1 Å². The number of nitrogens with zero attached hydrogens (tertiary/aromatic N) is 3. The van der Waals surface area contributed by atoms with Gasteiger partial charge in [-0.05, 0) is 35.4 Å². The summed E-state index contributed by atoms with van der Waals surface area (Å²) in [6, 6.07) is 12.7. The van der Waals surface area contributed by atoms with Crippen LogP contribution in [0.1, 0.15) is 28.6 Å². The van der Waals surface area contributed by atoms with Gasteiger partial charge in [0.15, 0.2) is 15.0 Å². The van der Waals surface area contributed by atoms with E-state index in [0.717, 1.165) is 41.9 Å². The van der Waals surface area contributed by atoms with Crippen LogP contribution in [0.5, 0.6) is 0 Å². The van der Waals surface area contributed by atoms with Crippen LogP contribution in [0.2, 0.25) is 0 Å². The number of imidazole rings is 1. The van der Waals surface area contributed by atoms with Crippen molar-refractivity contribution in [1.82, 2.24) is 19.9 Å². The van der Waals surface area contributed by atoms with Crippen LogP contribution in [0.4, 0.5) is 5.13 Å². The van der Waals surface area contributed by atoms with E-state index in [9.17, 15) is 13.2 Å². The van der Waals surface area contributed by atoms with E-state index >= 15 is 0 Å². The van der Waals surface area contributed by atoms with Gasteiger partial charge < -0.3 is 10.3 Å². The summed E-state index contributed by atoms with van der Waals surface area (Å²) in [7, 11) is -3.24. The smallest absolute Gasteiger partial charge is 0.230 e. The molecule has 1 amide bonds. The van der Waals surface area contributed by atoms with Crippen molar-refractivity contribution in [1.29, 1.82) is 0 Å². The van der Waals surface area contributed by atoms with Gasteiger partial charge in [-0.15, -0.1) is 11.3 Å². The Morgan fingerprint density at radius 2 is 1.94 bits per heavy atom. The lowest BCUT2D eigenvalue weighted by molar-refractivity contribution is -0.115. The first-order valence-corrected chi connectivity index (χ1v) is 13.1. The molecule has 2 aromatic carbocycles. The molecule has 0 bridgehead atoms. The molecule has 0 saturated carbocycles. The fourth-order valence-electron chi connectivity index (χ4n) is 3.94. The van der Waals surface area contributed by atoms with Crippen molar-refractivity contribution in [3.63, 3.8) is 0 Å². The first-order chi connectivity index (χ1) is 15.9. The van der Waals surface area contributed by atoms with Gasteiger partial charge in [0.05, 0.1) is 40.1 Å². The third-order valence-electron chi connectivity index (χ3n) is 5.68. The summed E-state index contributed by atoms with van der Waals surface area (Å²) in [4.78, 5) is 28.2.